The van der Waals surface area contributed by atoms with Gasteiger partial charge in [-0.15, -0.1) is 0 Å². The number of halogens is 1. The monoisotopic (exact) mass is 273 g/mol. The molecule has 2 N–H and O–H groups in total. The maximum atomic E-state index is 10.4. The molecule has 0 aliphatic heterocycles. The molecule has 2 atom stereocenters. The van der Waals surface area contributed by atoms with Crippen LogP contribution in [0.2, 0.25) is 5.02 Å². The Morgan fingerprint density at radius 1 is 1.05 bits per heavy atom. The van der Waals surface area contributed by atoms with Crippen molar-refractivity contribution >= 4 is 11.6 Å². The van der Waals surface area contributed by atoms with Crippen LogP contribution in [0.25, 0.3) is 5.69 Å². The predicted molar refractivity (Wildman–Crippen MR) is 73.3 cm³/mol. The minimum atomic E-state index is 0.131. The van der Waals surface area contributed by atoms with Gasteiger partial charge in [0.2, 0.25) is 11.8 Å². The molecule has 0 fully saturated rings. The van der Waals surface area contributed by atoms with Crippen LogP contribution in [0.3, 0.4) is 0 Å². The fraction of sp³-hybridized carbons (Fsp3) is 0.200. The van der Waals surface area contributed by atoms with Crippen LogP contribution in [-0.2, 0) is 0 Å². The molecule has 0 amide bonds. The molecule has 1 aromatic heterocycles. The number of fused-ring (bicyclic) bond motifs is 5. The minimum Gasteiger partial charge on any atom is -0.494 e. The van der Waals surface area contributed by atoms with Gasteiger partial charge in [0.05, 0.1) is 5.69 Å². The van der Waals surface area contributed by atoms with E-state index in [2.05, 4.69) is 12.2 Å². The molecular weight excluding hydrogens is 262 g/mol. The lowest BCUT2D eigenvalue weighted by Crippen LogP contribution is -1.95. The van der Waals surface area contributed by atoms with Gasteiger partial charge >= 0.3 is 0 Å². The van der Waals surface area contributed by atoms with Gasteiger partial charge in [0.1, 0.15) is 0 Å². The number of hydrogen-bond acceptors (Lipinski definition) is 2. The zero-order valence-electron chi connectivity index (χ0n) is 10.0. The van der Waals surface area contributed by atoms with Gasteiger partial charge in [0.25, 0.3) is 0 Å². The summed E-state index contributed by atoms with van der Waals surface area (Å²) in [7, 11) is 0. The first-order chi connectivity index (χ1) is 9.16. The number of allylic oxidation sites excluding steroid dienone is 2. The number of nitrogens with zero attached hydrogens (tertiary/aromatic N) is 1. The molecule has 1 heterocycles. The average molecular weight is 274 g/mol. The molecule has 2 aliphatic rings. The van der Waals surface area contributed by atoms with Crippen LogP contribution in [0.5, 0.6) is 11.8 Å². The summed E-state index contributed by atoms with van der Waals surface area (Å²) in [6.07, 6.45) is 5.17. The molecule has 4 heteroatoms. The van der Waals surface area contributed by atoms with Crippen LogP contribution in [0.4, 0.5) is 0 Å². The lowest BCUT2D eigenvalue weighted by molar-refractivity contribution is 0.395. The number of rotatable bonds is 1. The molecule has 0 saturated heterocycles. The first-order valence-electron chi connectivity index (χ1n) is 6.27. The van der Waals surface area contributed by atoms with Gasteiger partial charge in [-0.3, -0.25) is 4.57 Å². The van der Waals surface area contributed by atoms with E-state index < -0.39 is 0 Å². The summed E-state index contributed by atoms with van der Waals surface area (Å²) in [5.74, 6) is 0.718. The Labute approximate surface area is 115 Å². The van der Waals surface area contributed by atoms with Gasteiger partial charge in [0, 0.05) is 28.0 Å². The van der Waals surface area contributed by atoms with E-state index in [-0.39, 0.29) is 23.6 Å². The van der Waals surface area contributed by atoms with E-state index >= 15 is 0 Å². The fourth-order valence-electron chi connectivity index (χ4n) is 3.30. The van der Waals surface area contributed by atoms with Crippen molar-refractivity contribution < 1.29 is 10.2 Å². The SMILES string of the molecule is Oc1c2c(c(O)n1-c1cccc(Cl)c1)C1C=CC2C1. The van der Waals surface area contributed by atoms with E-state index in [0.717, 1.165) is 17.5 Å². The van der Waals surface area contributed by atoms with Crippen LogP contribution in [-0.4, -0.2) is 14.8 Å². The van der Waals surface area contributed by atoms with Crippen LogP contribution >= 0.6 is 11.6 Å². The molecule has 0 radical (unpaired) electrons. The summed E-state index contributed by atoms with van der Waals surface area (Å²) in [5.41, 5.74) is 2.41. The van der Waals surface area contributed by atoms with Crippen molar-refractivity contribution in [3.8, 4) is 17.4 Å². The van der Waals surface area contributed by atoms with E-state index in [9.17, 15) is 10.2 Å². The van der Waals surface area contributed by atoms with Gasteiger partial charge < -0.3 is 10.2 Å². The second kappa shape index (κ2) is 3.58. The minimum absolute atomic E-state index is 0.131. The Hall–Kier alpha value is -1.87. The van der Waals surface area contributed by atoms with Crippen LogP contribution in [0.1, 0.15) is 29.4 Å². The highest BCUT2D eigenvalue weighted by atomic mass is 35.5. The Kier molecular flexibility index (Phi) is 2.07. The number of benzene rings is 1. The summed E-state index contributed by atoms with van der Waals surface area (Å²) >= 11 is 5.97. The van der Waals surface area contributed by atoms with Crippen molar-refractivity contribution in [2.24, 2.45) is 0 Å². The molecule has 2 aliphatic carbocycles. The second-order valence-corrected chi connectivity index (χ2v) is 5.56. The topological polar surface area (TPSA) is 45.4 Å². The lowest BCUT2D eigenvalue weighted by atomic mass is 10.0. The van der Waals surface area contributed by atoms with Crippen molar-refractivity contribution in [2.75, 3.05) is 0 Å². The Morgan fingerprint density at radius 3 is 2.26 bits per heavy atom. The summed E-state index contributed by atoms with van der Waals surface area (Å²) in [5, 5.41) is 21.4. The smallest absolute Gasteiger partial charge is 0.202 e. The molecule has 96 valence electrons. The highest BCUT2D eigenvalue weighted by molar-refractivity contribution is 6.30. The van der Waals surface area contributed by atoms with Crippen LogP contribution in [0.15, 0.2) is 36.4 Å². The Balaban J connectivity index is 1.97. The maximum absolute atomic E-state index is 10.4. The van der Waals surface area contributed by atoms with E-state index in [1.165, 1.54) is 4.57 Å². The predicted octanol–water partition coefficient (Wildman–Crippen LogP) is 3.68. The van der Waals surface area contributed by atoms with Crippen molar-refractivity contribution in [2.45, 2.75) is 18.3 Å². The van der Waals surface area contributed by atoms with Crippen molar-refractivity contribution in [1.29, 1.82) is 0 Å². The third-order valence-electron chi connectivity index (χ3n) is 4.09. The third-order valence-corrected chi connectivity index (χ3v) is 4.32. The van der Waals surface area contributed by atoms with Crippen molar-refractivity contribution in [3.63, 3.8) is 0 Å². The molecule has 3 nitrogen and oxygen atoms in total. The Bertz CT molecular complexity index is 682. The van der Waals surface area contributed by atoms with E-state index in [4.69, 9.17) is 11.6 Å². The zero-order valence-corrected chi connectivity index (χ0v) is 10.8. The fourth-order valence-corrected chi connectivity index (χ4v) is 3.48. The van der Waals surface area contributed by atoms with Gasteiger partial charge in [-0.05, 0) is 24.6 Å². The molecule has 2 bridgehead atoms. The third kappa shape index (κ3) is 1.33. The number of aromatic nitrogens is 1. The van der Waals surface area contributed by atoms with E-state index in [1.807, 2.05) is 6.07 Å². The first-order valence-corrected chi connectivity index (χ1v) is 6.65. The van der Waals surface area contributed by atoms with Crippen molar-refractivity contribution in [3.05, 3.63) is 52.6 Å². The van der Waals surface area contributed by atoms with Gasteiger partial charge in [0.15, 0.2) is 0 Å². The van der Waals surface area contributed by atoms with Crippen LogP contribution in [0, 0.1) is 0 Å². The molecule has 4 rings (SSSR count). The van der Waals surface area contributed by atoms with E-state index in [1.54, 1.807) is 18.2 Å². The van der Waals surface area contributed by atoms with E-state index in [0.29, 0.717) is 10.7 Å². The first kappa shape index (κ1) is 11.0. The van der Waals surface area contributed by atoms with Crippen molar-refractivity contribution in [1.82, 2.24) is 4.57 Å². The van der Waals surface area contributed by atoms with Gasteiger partial charge in [-0.2, -0.15) is 0 Å². The molecule has 0 saturated carbocycles. The highest BCUT2D eigenvalue weighted by Gasteiger charge is 2.41. The summed E-state index contributed by atoms with van der Waals surface area (Å²) < 4.78 is 1.47. The normalized spacial score (nSPS) is 23.0. The number of hydrogen-bond donors (Lipinski definition) is 2. The molecule has 0 spiro atoms. The molecule has 2 aromatic rings. The summed E-state index contributed by atoms with van der Waals surface area (Å²) in [6.45, 7) is 0. The highest BCUT2D eigenvalue weighted by Crippen LogP contribution is 2.57. The summed E-state index contributed by atoms with van der Waals surface area (Å²) in [6, 6.07) is 7.11. The molecular formula is C15H12ClNO2. The maximum Gasteiger partial charge on any atom is 0.202 e. The molecule has 2 unspecified atom stereocenters. The molecule has 19 heavy (non-hydrogen) atoms. The standard InChI is InChI=1S/C15H12ClNO2/c16-10-2-1-3-11(7-10)17-14(18)12-8-4-5-9(6-8)13(12)15(17)19/h1-5,7-9,18-19H,6H2. The summed E-state index contributed by atoms with van der Waals surface area (Å²) in [4.78, 5) is 0. The Morgan fingerprint density at radius 2 is 1.68 bits per heavy atom. The zero-order chi connectivity index (χ0) is 13.1. The molecule has 1 aromatic carbocycles. The largest absolute Gasteiger partial charge is 0.494 e. The average Bonchev–Trinajstić information content (AvgIpc) is 3.04. The lowest BCUT2D eigenvalue weighted by Gasteiger charge is -2.09. The van der Waals surface area contributed by atoms with Crippen LogP contribution < -0.4 is 0 Å². The second-order valence-electron chi connectivity index (χ2n) is 5.12. The number of aromatic hydroxyl groups is 2. The van der Waals surface area contributed by atoms with Gasteiger partial charge in [-0.25, -0.2) is 0 Å². The quantitative estimate of drug-likeness (QED) is 0.779. The van der Waals surface area contributed by atoms with Gasteiger partial charge in [-0.1, -0.05) is 29.8 Å².